The molecule has 0 aliphatic carbocycles. The molecule has 0 fully saturated rings. The Hall–Kier alpha value is -2.08. The highest BCUT2D eigenvalue weighted by molar-refractivity contribution is 7.80. The van der Waals surface area contributed by atoms with E-state index in [4.69, 9.17) is 12.2 Å². The zero-order valence-electron chi connectivity index (χ0n) is 14.2. The van der Waals surface area contributed by atoms with Crippen LogP contribution in [0.4, 0.5) is 18.9 Å². The average Bonchev–Trinajstić information content (AvgIpc) is 2.55. The first kappa shape index (κ1) is 19.2. The molecule has 2 aromatic rings. The smallest absolute Gasteiger partial charge is 0.356 e. The van der Waals surface area contributed by atoms with Crippen LogP contribution in [0.1, 0.15) is 43.0 Å². The lowest BCUT2D eigenvalue weighted by Gasteiger charge is -2.18. The van der Waals surface area contributed by atoms with Crippen molar-refractivity contribution in [3.63, 3.8) is 0 Å². The summed E-state index contributed by atoms with van der Waals surface area (Å²) in [6.07, 6.45) is -2.24. The fourth-order valence-corrected chi connectivity index (χ4v) is 2.78. The first-order valence-electron chi connectivity index (χ1n) is 8.13. The van der Waals surface area contributed by atoms with Crippen LogP contribution in [0, 0.1) is 0 Å². The van der Waals surface area contributed by atoms with Crippen LogP contribution in [0.5, 0.6) is 0 Å². The number of nitrogens with one attached hydrogen (secondary N) is 2. The van der Waals surface area contributed by atoms with Gasteiger partial charge in [0.25, 0.3) is 0 Å². The van der Waals surface area contributed by atoms with E-state index in [9.17, 15) is 13.2 Å². The molecule has 134 valence electrons. The maximum atomic E-state index is 12.7. The Bertz CT molecular complexity index is 711. The highest BCUT2D eigenvalue weighted by Gasteiger charge is 2.30. The van der Waals surface area contributed by atoms with E-state index < -0.39 is 11.7 Å². The molecule has 2 nitrogen and oxygen atoms in total. The zero-order valence-corrected chi connectivity index (χ0v) is 15.0. The van der Waals surface area contributed by atoms with Gasteiger partial charge in [0, 0.05) is 5.69 Å². The van der Waals surface area contributed by atoms with E-state index in [1.807, 2.05) is 19.1 Å². The third-order valence-electron chi connectivity index (χ3n) is 3.81. The van der Waals surface area contributed by atoms with Crippen molar-refractivity contribution in [2.24, 2.45) is 0 Å². The number of anilines is 1. The molecular weight excluding hydrogens is 345 g/mol. The molecule has 25 heavy (non-hydrogen) atoms. The number of alkyl halides is 3. The molecule has 2 rings (SSSR count). The van der Waals surface area contributed by atoms with Crippen LogP contribution in [0.2, 0.25) is 0 Å². The molecule has 0 radical (unpaired) electrons. The predicted octanol–water partition coefficient (Wildman–Crippen LogP) is 5.71. The molecule has 0 saturated carbocycles. The number of halogens is 3. The van der Waals surface area contributed by atoms with Crippen LogP contribution in [0.15, 0.2) is 48.5 Å². The second-order valence-electron chi connectivity index (χ2n) is 5.89. The number of aryl methyl sites for hydroxylation is 1. The Labute approximate surface area is 151 Å². The van der Waals surface area contributed by atoms with Crippen molar-refractivity contribution in [1.29, 1.82) is 0 Å². The Morgan fingerprint density at radius 2 is 1.80 bits per heavy atom. The molecule has 1 unspecified atom stereocenters. The van der Waals surface area contributed by atoms with Gasteiger partial charge in [0.1, 0.15) is 0 Å². The van der Waals surface area contributed by atoms with Crippen LogP contribution in [-0.4, -0.2) is 5.11 Å². The molecule has 0 spiro atoms. The van der Waals surface area contributed by atoms with Crippen molar-refractivity contribution >= 4 is 23.0 Å². The number of benzene rings is 2. The van der Waals surface area contributed by atoms with Crippen molar-refractivity contribution in [3.8, 4) is 0 Å². The molecule has 0 aliphatic rings. The van der Waals surface area contributed by atoms with E-state index in [2.05, 4.69) is 29.7 Å². The maximum Gasteiger partial charge on any atom is 0.416 e. The molecule has 0 aromatic heterocycles. The summed E-state index contributed by atoms with van der Waals surface area (Å²) in [5, 5.41) is 6.18. The highest BCUT2D eigenvalue weighted by Crippen LogP contribution is 2.30. The van der Waals surface area contributed by atoms with Gasteiger partial charge in [-0.3, -0.25) is 0 Å². The lowest BCUT2D eigenvalue weighted by Crippen LogP contribution is -2.31. The number of thiocarbonyl (C=S) groups is 1. The molecule has 0 saturated heterocycles. The first-order chi connectivity index (χ1) is 11.8. The van der Waals surface area contributed by atoms with E-state index in [1.54, 1.807) is 6.07 Å². The van der Waals surface area contributed by atoms with Crippen LogP contribution in [0.3, 0.4) is 0 Å². The van der Waals surface area contributed by atoms with Crippen molar-refractivity contribution < 1.29 is 13.2 Å². The molecule has 2 N–H and O–H groups in total. The van der Waals surface area contributed by atoms with Gasteiger partial charge in [-0.25, -0.2) is 0 Å². The minimum atomic E-state index is -4.37. The largest absolute Gasteiger partial charge is 0.416 e. The van der Waals surface area contributed by atoms with Crippen molar-refractivity contribution in [3.05, 3.63) is 65.2 Å². The summed E-state index contributed by atoms with van der Waals surface area (Å²) < 4.78 is 38.2. The van der Waals surface area contributed by atoms with Gasteiger partial charge in [0.15, 0.2) is 5.11 Å². The summed E-state index contributed by atoms with van der Waals surface area (Å²) in [6.45, 7) is 4.09. The SMILES string of the molecule is CCCc1ccc(C(C)NC(=S)Nc2cccc(C(F)(F)F)c2)cc1. The second kappa shape index (κ2) is 8.34. The number of rotatable bonds is 5. The summed E-state index contributed by atoms with van der Waals surface area (Å²) in [5.41, 5.74) is 1.94. The van der Waals surface area contributed by atoms with E-state index in [1.165, 1.54) is 11.6 Å². The second-order valence-corrected chi connectivity index (χ2v) is 6.30. The maximum absolute atomic E-state index is 12.7. The average molecular weight is 366 g/mol. The molecule has 0 amide bonds. The van der Waals surface area contributed by atoms with E-state index in [-0.39, 0.29) is 11.2 Å². The lowest BCUT2D eigenvalue weighted by atomic mass is 10.0. The van der Waals surface area contributed by atoms with Gasteiger partial charge >= 0.3 is 6.18 Å². The Balaban J connectivity index is 1.97. The van der Waals surface area contributed by atoms with Crippen molar-refractivity contribution in [1.82, 2.24) is 5.32 Å². The quantitative estimate of drug-likeness (QED) is 0.663. The summed E-state index contributed by atoms with van der Waals surface area (Å²) in [5.74, 6) is 0. The number of hydrogen-bond donors (Lipinski definition) is 2. The van der Waals surface area contributed by atoms with Crippen LogP contribution < -0.4 is 10.6 Å². The summed E-state index contributed by atoms with van der Waals surface area (Å²) >= 11 is 5.21. The van der Waals surface area contributed by atoms with Gasteiger partial charge in [0.05, 0.1) is 11.6 Å². The molecule has 2 aromatic carbocycles. The fourth-order valence-electron chi connectivity index (χ4n) is 2.48. The fraction of sp³-hybridized carbons (Fsp3) is 0.316. The van der Waals surface area contributed by atoms with Crippen molar-refractivity contribution in [2.45, 2.75) is 38.9 Å². The topological polar surface area (TPSA) is 24.1 Å². The van der Waals surface area contributed by atoms with Gasteiger partial charge in [0.2, 0.25) is 0 Å². The molecule has 0 bridgehead atoms. The molecule has 6 heteroatoms. The Morgan fingerprint density at radius 1 is 1.12 bits per heavy atom. The molecule has 0 aliphatic heterocycles. The molecule has 1 atom stereocenters. The highest BCUT2D eigenvalue weighted by atomic mass is 32.1. The van der Waals surface area contributed by atoms with Gasteiger partial charge in [-0.1, -0.05) is 43.7 Å². The van der Waals surface area contributed by atoms with Crippen molar-refractivity contribution in [2.75, 3.05) is 5.32 Å². The summed E-state index contributed by atoms with van der Waals surface area (Å²) in [7, 11) is 0. The third-order valence-corrected chi connectivity index (χ3v) is 4.03. The van der Waals surface area contributed by atoms with Gasteiger partial charge < -0.3 is 10.6 Å². The molecular formula is C19H21F3N2S. The Morgan fingerprint density at radius 3 is 2.40 bits per heavy atom. The van der Waals surface area contributed by atoms with Crippen LogP contribution in [-0.2, 0) is 12.6 Å². The van der Waals surface area contributed by atoms with E-state index >= 15 is 0 Å². The monoisotopic (exact) mass is 366 g/mol. The predicted molar refractivity (Wildman–Crippen MR) is 99.7 cm³/mol. The van der Waals surface area contributed by atoms with Gasteiger partial charge in [-0.05, 0) is 54.9 Å². The first-order valence-corrected chi connectivity index (χ1v) is 8.54. The van der Waals surface area contributed by atoms with E-state index in [0.717, 1.165) is 30.5 Å². The summed E-state index contributed by atoms with van der Waals surface area (Å²) in [6, 6.07) is 13.2. The van der Waals surface area contributed by atoms with Gasteiger partial charge in [-0.2, -0.15) is 13.2 Å². The lowest BCUT2D eigenvalue weighted by molar-refractivity contribution is -0.137. The molecule has 0 heterocycles. The normalized spacial score (nSPS) is 12.5. The van der Waals surface area contributed by atoms with Crippen LogP contribution in [0.25, 0.3) is 0 Å². The summed E-state index contributed by atoms with van der Waals surface area (Å²) in [4.78, 5) is 0. The van der Waals surface area contributed by atoms with E-state index in [0.29, 0.717) is 5.69 Å². The standard InChI is InChI=1S/C19H21F3N2S/c1-3-5-14-8-10-15(11-9-14)13(2)23-18(25)24-17-7-4-6-16(12-17)19(20,21)22/h4,6-13H,3,5H2,1-2H3,(H2,23,24,25). The van der Waals surface area contributed by atoms with Gasteiger partial charge in [-0.15, -0.1) is 0 Å². The minimum absolute atomic E-state index is 0.0542. The minimum Gasteiger partial charge on any atom is -0.356 e. The number of hydrogen-bond acceptors (Lipinski definition) is 1. The Kier molecular flexibility index (Phi) is 6.42. The third kappa shape index (κ3) is 5.74. The zero-order chi connectivity index (χ0) is 18.4. The van der Waals surface area contributed by atoms with Crippen LogP contribution >= 0.6 is 12.2 Å².